The minimum absolute atomic E-state index is 0.249. The van der Waals surface area contributed by atoms with E-state index in [1.807, 2.05) is 49.4 Å². The van der Waals surface area contributed by atoms with Gasteiger partial charge in [0.25, 0.3) is 0 Å². The SMILES string of the molecule is CCC(O)(Cc1ccc(O)cc1)c1ccccc1. The first-order valence-corrected chi connectivity index (χ1v) is 6.20. The van der Waals surface area contributed by atoms with Crippen LogP contribution in [0, 0.1) is 0 Å². The first-order valence-electron chi connectivity index (χ1n) is 6.20. The first-order chi connectivity index (χ1) is 8.64. The quantitative estimate of drug-likeness (QED) is 0.864. The summed E-state index contributed by atoms with van der Waals surface area (Å²) in [5.74, 6) is 0.249. The molecule has 18 heavy (non-hydrogen) atoms. The molecule has 2 aromatic carbocycles. The van der Waals surface area contributed by atoms with Gasteiger partial charge >= 0.3 is 0 Å². The molecule has 0 saturated carbocycles. The Labute approximate surface area is 108 Å². The summed E-state index contributed by atoms with van der Waals surface area (Å²) < 4.78 is 0. The lowest BCUT2D eigenvalue weighted by Gasteiger charge is -2.27. The van der Waals surface area contributed by atoms with Crippen LogP contribution in [0.4, 0.5) is 0 Å². The summed E-state index contributed by atoms with van der Waals surface area (Å²) in [5.41, 5.74) is 1.10. The molecule has 0 aliphatic carbocycles. The molecular formula is C16H18O2. The van der Waals surface area contributed by atoms with Crippen LogP contribution in [0.2, 0.25) is 0 Å². The number of phenols is 1. The molecule has 2 aromatic rings. The van der Waals surface area contributed by atoms with E-state index >= 15 is 0 Å². The Morgan fingerprint density at radius 1 is 0.944 bits per heavy atom. The minimum atomic E-state index is -0.849. The van der Waals surface area contributed by atoms with Gasteiger partial charge in [0.05, 0.1) is 5.60 Å². The van der Waals surface area contributed by atoms with Crippen LogP contribution in [-0.4, -0.2) is 10.2 Å². The molecule has 0 aromatic heterocycles. The third-order valence-electron chi connectivity index (χ3n) is 3.33. The van der Waals surface area contributed by atoms with Crippen molar-refractivity contribution in [2.24, 2.45) is 0 Å². The summed E-state index contributed by atoms with van der Waals surface area (Å²) >= 11 is 0. The molecule has 2 nitrogen and oxygen atoms in total. The third-order valence-corrected chi connectivity index (χ3v) is 3.33. The molecule has 0 heterocycles. The van der Waals surface area contributed by atoms with Crippen molar-refractivity contribution in [2.75, 3.05) is 0 Å². The lowest BCUT2D eigenvalue weighted by Crippen LogP contribution is -2.27. The van der Waals surface area contributed by atoms with Crippen molar-refractivity contribution >= 4 is 0 Å². The Balaban J connectivity index is 2.26. The predicted octanol–water partition coefficient (Wildman–Crippen LogP) is 3.23. The monoisotopic (exact) mass is 242 g/mol. The maximum atomic E-state index is 10.8. The molecule has 0 spiro atoms. The molecule has 0 radical (unpaired) electrons. The Bertz CT molecular complexity index is 490. The van der Waals surface area contributed by atoms with Crippen LogP contribution in [0.3, 0.4) is 0 Å². The second-order valence-corrected chi connectivity index (χ2v) is 4.59. The molecule has 2 heteroatoms. The number of rotatable bonds is 4. The average molecular weight is 242 g/mol. The van der Waals surface area contributed by atoms with Gasteiger partial charge in [-0.05, 0) is 29.7 Å². The number of aliphatic hydroxyl groups is 1. The molecule has 0 saturated heterocycles. The summed E-state index contributed by atoms with van der Waals surface area (Å²) in [5, 5.41) is 20.0. The molecule has 2 N–H and O–H groups in total. The molecule has 0 amide bonds. The van der Waals surface area contributed by atoms with Gasteiger partial charge in [0, 0.05) is 6.42 Å². The summed E-state index contributed by atoms with van der Waals surface area (Å²) in [4.78, 5) is 0. The van der Waals surface area contributed by atoms with Crippen molar-refractivity contribution in [1.82, 2.24) is 0 Å². The summed E-state index contributed by atoms with van der Waals surface area (Å²) in [6.07, 6.45) is 1.20. The zero-order valence-electron chi connectivity index (χ0n) is 10.5. The van der Waals surface area contributed by atoms with E-state index in [1.54, 1.807) is 12.1 Å². The number of hydrogen-bond donors (Lipinski definition) is 2. The largest absolute Gasteiger partial charge is 0.508 e. The van der Waals surface area contributed by atoms with Gasteiger partial charge in [-0.2, -0.15) is 0 Å². The number of phenolic OH excluding ortho intramolecular Hbond substituents is 1. The van der Waals surface area contributed by atoms with Crippen molar-refractivity contribution in [3.05, 3.63) is 65.7 Å². The van der Waals surface area contributed by atoms with E-state index in [0.717, 1.165) is 11.1 Å². The van der Waals surface area contributed by atoms with Crippen LogP contribution in [0.5, 0.6) is 5.75 Å². The van der Waals surface area contributed by atoms with E-state index in [0.29, 0.717) is 12.8 Å². The summed E-state index contributed by atoms with van der Waals surface area (Å²) in [7, 11) is 0. The molecule has 0 bridgehead atoms. The van der Waals surface area contributed by atoms with Crippen molar-refractivity contribution in [3.63, 3.8) is 0 Å². The maximum Gasteiger partial charge on any atom is 0.115 e. The second kappa shape index (κ2) is 5.23. The van der Waals surface area contributed by atoms with Crippen LogP contribution in [0.25, 0.3) is 0 Å². The zero-order valence-corrected chi connectivity index (χ0v) is 10.5. The predicted molar refractivity (Wildman–Crippen MR) is 72.4 cm³/mol. The van der Waals surface area contributed by atoms with Crippen LogP contribution in [0.1, 0.15) is 24.5 Å². The van der Waals surface area contributed by atoms with Crippen molar-refractivity contribution in [2.45, 2.75) is 25.4 Å². The molecule has 1 unspecified atom stereocenters. The topological polar surface area (TPSA) is 40.5 Å². The molecule has 0 aliphatic heterocycles. The van der Waals surface area contributed by atoms with Gasteiger partial charge < -0.3 is 10.2 Å². The van der Waals surface area contributed by atoms with E-state index in [-0.39, 0.29) is 5.75 Å². The van der Waals surface area contributed by atoms with Gasteiger partial charge in [-0.25, -0.2) is 0 Å². The van der Waals surface area contributed by atoms with Crippen molar-refractivity contribution in [3.8, 4) is 5.75 Å². The molecule has 2 rings (SSSR count). The summed E-state index contributed by atoms with van der Waals surface area (Å²) in [6, 6.07) is 16.7. The van der Waals surface area contributed by atoms with E-state index in [2.05, 4.69) is 0 Å². The molecular weight excluding hydrogens is 224 g/mol. The Morgan fingerprint density at radius 2 is 1.56 bits per heavy atom. The van der Waals surface area contributed by atoms with Crippen LogP contribution >= 0.6 is 0 Å². The highest BCUT2D eigenvalue weighted by Gasteiger charge is 2.27. The Morgan fingerprint density at radius 3 is 2.11 bits per heavy atom. The van der Waals surface area contributed by atoms with Crippen LogP contribution in [0.15, 0.2) is 54.6 Å². The van der Waals surface area contributed by atoms with E-state index in [1.165, 1.54) is 0 Å². The minimum Gasteiger partial charge on any atom is -0.508 e. The van der Waals surface area contributed by atoms with Gasteiger partial charge in [-0.3, -0.25) is 0 Å². The highest BCUT2D eigenvalue weighted by atomic mass is 16.3. The molecule has 94 valence electrons. The Kier molecular flexibility index (Phi) is 3.68. The fraction of sp³-hybridized carbons (Fsp3) is 0.250. The molecule has 0 aliphatic rings. The third kappa shape index (κ3) is 2.71. The van der Waals surface area contributed by atoms with E-state index < -0.39 is 5.60 Å². The smallest absolute Gasteiger partial charge is 0.115 e. The van der Waals surface area contributed by atoms with Gasteiger partial charge in [0.15, 0.2) is 0 Å². The van der Waals surface area contributed by atoms with Crippen molar-refractivity contribution < 1.29 is 10.2 Å². The standard InChI is InChI=1S/C16H18O2/c1-2-16(18,14-6-4-3-5-7-14)12-13-8-10-15(17)11-9-13/h3-11,17-18H,2,12H2,1H3. The Hall–Kier alpha value is -1.80. The molecule has 1 atom stereocenters. The van der Waals surface area contributed by atoms with E-state index in [9.17, 15) is 10.2 Å². The van der Waals surface area contributed by atoms with Crippen molar-refractivity contribution in [1.29, 1.82) is 0 Å². The van der Waals surface area contributed by atoms with Gasteiger partial charge in [-0.1, -0.05) is 49.4 Å². The summed E-state index contributed by atoms with van der Waals surface area (Å²) in [6.45, 7) is 1.98. The average Bonchev–Trinajstić information content (AvgIpc) is 2.42. The number of benzene rings is 2. The van der Waals surface area contributed by atoms with Crippen LogP contribution in [-0.2, 0) is 12.0 Å². The lowest BCUT2D eigenvalue weighted by molar-refractivity contribution is 0.0327. The van der Waals surface area contributed by atoms with Crippen LogP contribution < -0.4 is 0 Å². The van der Waals surface area contributed by atoms with E-state index in [4.69, 9.17) is 0 Å². The van der Waals surface area contributed by atoms with Gasteiger partial charge in [-0.15, -0.1) is 0 Å². The maximum absolute atomic E-state index is 10.8. The second-order valence-electron chi connectivity index (χ2n) is 4.59. The van der Waals surface area contributed by atoms with Gasteiger partial charge in [0.2, 0.25) is 0 Å². The fourth-order valence-corrected chi connectivity index (χ4v) is 2.13. The highest BCUT2D eigenvalue weighted by molar-refractivity contribution is 5.30. The number of aromatic hydroxyl groups is 1. The fourth-order valence-electron chi connectivity index (χ4n) is 2.13. The van der Waals surface area contributed by atoms with Gasteiger partial charge in [0.1, 0.15) is 5.75 Å². The molecule has 0 fully saturated rings. The normalized spacial score (nSPS) is 14.1. The number of hydrogen-bond acceptors (Lipinski definition) is 2. The zero-order chi connectivity index (χ0) is 13.0. The lowest BCUT2D eigenvalue weighted by atomic mass is 9.85. The highest BCUT2D eigenvalue weighted by Crippen LogP contribution is 2.29. The first kappa shape index (κ1) is 12.7.